The summed E-state index contributed by atoms with van der Waals surface area (Å²) in [5.41, 5.74) is 1.22. The van der Waals surface area contributed by atoms with Crippen molar-refractivity contribution in [1.82, 2.24) is 24.5 Å². The molecule has 0 amide bonds. The Balaban J connectivity index is 1.33. The van der Waals surface area contributed by atoms with Crippen LogP contribution in [0, 0.1) is 5.92 Å². The molecule has 2 saturated heterocycles. The molecule has 4 heterocycles. The lowest BCUT2D eigenvalue weighted by molar-refractivity contribution is 0.0732. The summed E-state index contributed by atoms with van der Waals surface area (Å²) in [5, 5.41) is 13.5. The Morgan fingerprint density at radius 1 is 1.18 bits per heavy atom. The van der Waals surface area contributed by atoms with Crippen molar-refractivity contribution >= 4 is 5.78 Å². The Kier molecular flexibility index (Phi) is 3.80. The van der Waals surface area contributed by atoms with Gasteiger partial charge in [-0.15, -0.1) is 0 Å². The lowest BCUT2D eigenvalue weighted by atomic mass is 9.91. The van der Waals surface area contributed by atoms with Gasteiger partial charge in [0.25, 0.3) is 5.78 Å². The second-order valence-electron chi connectivity index (χ2n) is 6.71. The SMILES string of the molecule is OCC1C[C@H]2CC[C@@H](C1)N2CCCc1cnc2ncnn2c1. The Morgan fingerprint density at radius 2 is 2.00 bits per heavy atom. The number of aliphatic hydroxyl groups excluding tert-OH is 1. The van der Waals surface area contributed by atoms with Gasteiger partial charge in [-0.25, -0.2) is 9.50 Å². The van der Waals surface area contributed by atoms with E-state index in [-0.39, 0.29) is 0 Å². The average Bonchev–Trinajstić information content (AvgIpc) is 3.09. The smallest absolute Gasteiger partial charge is 0.252 e. The molecule has 2 aromatic rings. The largest absolute Gasteiger partial charge is 0.396 e. The number of nitrogens with zero attached hydrogens (tertiary/aromatic N) is 5. The molecule has 2 aromatic heterocycles. The molecular weight excluding hydrogens is 278 g/mol. The van der Waals surface area contributed by atoms with E-state index in [1.807, 2.05) is 12.4 Å². The third-order valence-electron chi connectivity index (χ3n) is 5.31. The van der Waals surface area contributed by atoms with Gasteiger partial charge in [-0.1, -0.05) is 0 Å². The molecule has 2 bridgehead atoms. The second-order valence-corrected chi connectivity index (χ2v) is 6.71. The van der Waals surface area contributed by atoms with Crippen LogP contribution in [0.25, 0.3) is 5.78 Å². The highest BCUT2D eigenvalue weighted by Crippen LogP contribution is 2.38. The molecule has 6 nitrogen and oxygen atoms in total. The number of aromatic nitrogens is 4. The molecule has 3 atom stereocenters. The Hall–Kier alpha value is -1.53. The number of aryl methyl sites for hydroxylation is 1. The highest BCUT2D eigenvalue weighted by atomic mass is 16.3. The summed E-state index contributed by atoms with van der Waals surface area (Å²) in [6.07, 6.45) is 12.6. The molecule has 1 unspecified atom stereocenters. The number of hydrogen-bond donors (Lipinski definition) is 1. The minimum Gasteiger partial charge on any atom is -0.396 e. The quantitative estimate of drug-likeness (QED) is 0.901. The van der Waals surface area contributed by atoms with Gasteiger partial charge >= 0.3 is 0 Å². The standard InChI is InChI=1S/C16H23N5O/c22-10-13-6-14-3-4-15(7-13)20(14)5-1-2-12-8-17-16-18-11-19-21(16)9-12/h8-9,11,13-15,22H,1-7,10H2/t13?,14-,15+. The van der Waals surface area contributed by atoms with Gasteiger partial charge in [0.1, 0.15) is 6.33 Å². The van der Waals surface area contributed by atoms with E-state index in [0.29, 0.717) is 30.4 Å². The molecule has 0 aromatic carbocycles. The topological polar surface area (TPSA) is 66.5 Å². The zero-order valence-electron chi connectivity index (χ0n) is 12.8. The van der Waals surface area contributed by atoms with Crippen molar-refractivity contribution in [2.45, 2.75) is 50.6 Å². The lowest BCUT2D eigenvalue weighted by Gasteiger charge is -2.38. The maximum absolute atomic E-state index is 9.40. The van der Waals surface area contributed by atoms with Gasteiger partial charge in [-0.05, 0) is 56.6 Å². The van der Waals surface area contributed by atoms with E-state index >= 15 is 0 Å². The zero-order valence-corrected chi connectivity index (χ0v) is 12.8. The molecule has 1 N–H and O–H groups in total. The molecule has 118 valence electrons. The number of rotatable bonds is 5. The van der Waals surface area contributed by atoms with E-state index in [9.17, 15) is 5.11 Å². The van der Waals surface area contributed by atoms with Crippen LogP contribution >= 0.6 is 0 Å². The van der Waals surface area contributed by atoms with E-state index in [1.54, 1.807) is 4.52 Å². The highest BCUT2D eigenvalue weighted by molar-refractivity contribution is 5.25. The summed E-state index contributed by atoms with van der Waals surface area (Å²) >= 11 is 0. The zero-order chi connectivity index (χ0) is 14.9. The van der Waals surface area contributed by atoms with E-state index < -0.39 is 0 Å². The molecule has 0 radical (unpaired) electrons. The van der Waals surface area contributed by atoms with Crippen LogP contribution in [0.15, 0.2) is 18.7 Å². The molecule has 6 heteroatoms. The lowest BCUT2D eigenvalue weighted by Crippen LogP contribution is -2.44. The summed E-state index contributed by atoms with van der Waals surface area (Å²) in [6.45, 7) is 1.52. The van der Waals surface area contributed by atoms with E-state index in [1.165, 1.54) is 37.6 Å². The van der Waals surface area contributed by atoms with Crippen molar-refractivity contribution in [1.29, 1.82) is 0 Å². The summed E-state index contributed by atoms with van der Waals surface area (Å²) < 4.78 is 1.74. The molecular formula is C16H23N5O. The van der Waals surface area contributed by atoms with E-state index in [4.69, 9.17) is 0 Å². The highest BCUT2D eigenvalue weighted by Gasteiger charge is 2.39. The molecule has 2 aliphatic rings. The van der Waals surface area contributed by atoms with Crippen LogP contribution in [0.2, 0.25) is 0 Å². The van der Waals surface area contributed by atoms with Crippen molar-refractivity contribution in [3.05, 3.63) is 24.3 Å². The van der Waals surface area contributed by atoms with Gasteiger partial charge in [0, 0.05) is 31.1 Å². The normalized spacial score (nSPS) is 28.5. The fourth-order valence-corrected chi connectivity index (χ4v) is 4.25. The first kappa shape index (κ1) is 14.1. The Bertz CT molecular complexity index is 628. The van der Waals surface area contributed by atoms with Gasteiger partial charge in [0.15, 0.2) is 0 Å². The fraction of sp³-hybridized carbons (Fsp3) is 0.688. The Labute approximate surface area is 130 Å². The first-order valence-electron chi connectivity index (χ1n) is 8.34. The first-order chi connectivity index (χ1) is 10.8. The van der Waals surface area contributed by atoms with Crippen LogP contribution in [-0.2, 0) is 6.42 Å². The maximum atomic E-state index is 9.40. The van der Waals surface area contributed by atoms with Crippen molar-refractivity contribution in [2.24, 2.45) is 5.92 Å². The first-order valence-corrected chi connectivity index (χ1v) is 8.34. The molecule has 22 heavy (non-hydrogen) atoms. The van der Waals surface area contributed by atoms with Crippen LogP contribution in [-0.4, -0.2) is 54.8 Å². The predicted molar refractivity (Wildman–Crippen MR) is 82.4 cm³/mol. The number of aliphatic hydroxyl groups is 1. The van der Waals surface area contributed by atoms with E-state index in [2.05, 4.69) is 20.0 Å². The third-order valence-corrected chi connectivity index (χ3v) is 5.31. The molecule has 0 aliphatic carbocycles. The molecule has 0 saturated carbocycles. The summed E-state index contributed by atoms with van der Waals surface area (Å²) in [4.78, 5) is 11.1. The van der Waals surface area contributed by atoms with Gasteiger partial charge in [0.2, 0.25) is 0 Å². The molecule has 4 rings (SSSR count). The molecule has 2 fully saturated rings. The van der Waals surface area contributed by atoms with Crippen molar-refractivity contribution in [3.63, 3.8) is 0 Å². The van der Waals surface area contributed by atoms with Crippen LogP contribution in [0.1, 0.15) is 37.7 Å². The fourth-order valence-electron chi connectivity index (χ4n) is 4.25. The van der Waals surface area contributed by atoms with Crippen LogP contribution in [0.3, 0.4) is 0 Å². The number of hydrogen-bond acceptors (Lipinski definition) is 5. The number of fused-ring (bicyclic) bond motifs is 3. The summed E-state index contributed by atoms with van der Waals surface area (Å²) in [7, 11) is 0. The average molecular weight is 301 g/mol. The van der Waals surface area contributed by atoms with Crippen LogP contribution < -0.4 is 0 Å². The monoisotopic (exact) mass is 301 g/mol. The van der Waals surface area contributed by atoms with Gasteiger partial charge in [0.05, 0.1) is 0 Å². The van der Waals surface area contributed by atoms with Gasteiger partial charge in [-0.3, -0.25) is 4.90 Å². The molecule has 0 spiro atoms. The van der Waals surface area contributed by atoms with Crippen LogP contribution in [0.4, 0.5) is 0 Å². The van der Waals surface area contributed by atoms with Gasteiger partial charge < -0.3 is 5.11 Å². The van der Waals surface area contributed by atoms with Crippen LogP contribution in [0.5, 0.6) is 0 Å². The van der Waals surface area contributed by atoms with Crippen molar-refractivity contribution < 1.29 is 5.11 Å². The summed E-state index contributed by atoms with van der Waals surface area (Å²) in [6, 6.07) is 1.40. The van der Waals surface area contributed by atoms with Crippen molar-refractivity contribution in [2.75, 3.05) is 13.2 Å². The summed E-state index contributed by atoms with van der Waals surface area (Å²) in [5.74, 6) is 1.19. The maximum Gasteiger partial charge on any atom is 0.252 e. The predicted octanol–water partition coefficient (Wildman–Crippen LogP) is 1.29. The minimum atomic E-state index is 0.366. The minimum absolute atomic E-state index is 0.366. The molecule has 2 aliphatic heterocycles. The van der Waals surface area contributed by atoms with E-state index in [0.717, 1.165) is 19.4 Å². The van der Waals surface area contributed by atoms with Crippen molar-refractivity contribution in [3.8, 4) is 0 Å². The third kappa shape index (κ3) is 2.61. The van der Waals surface area contributed by atoms with Gasteiger partial charge in [-0.2, -0.15) is 10.1 Å². The second kappa shape index (κ2) is 5.93. The Morgan fingerprint density at radius 3 is 2.77 bits per heavy atom. The number of piperidine rings is 1.